The molecule has 1 amide bonds. The molecule has 0 saturated carbocycles. The van der Waals surface area contributed by atoms with E-state index in [9.17, 15) is 9.59 Å². The van der Waals surface area contributed by atoms with Crippen molar-refractivity contribution < 1.29 is 23.8 Å². The third-order valence-electron chi connectivity index (χ3n) is 6.89. The van der Waals surface area contributed by atoms with Gasteiger partial charge in [0.1, 0.15) is 11.9 Å². The maximum atomic E-state index is 13.5. The summed E-state index contributed by atoms with van der Waals surface area (Å²) in [5.74, 6) is 0.337. The minimum atomic E-state index is -0.404. The Morgan fingerprint density at radius 1 is 0.944 bits per heavy atom. The molecule has 0 bridgehead atoms. The standard InChI is InChI=1S/C30H33NO5/c1-4-34-28(32)21-35-27-17-11-12-23-20-30(3,19-18-26(23)27)22(2)36-29(33)31(24-13-7-5-8-14-24)25-15-9-6-10-16-25/h5-17,22H,4,18-21H2,1-3H3. The number of fused-ring (bicyclic) bond motifs is 1. The van der Waals surface area contributed by atoms with Gasteiger partial charge in [-0.2, -0.15) is 0 Å². The lowest BCUT2D eigenvalue weighted by atomic mass is 9.69. The zero-order chi connectivity index (χ0) is 25.5. The second-order valence-corrected chi connectivity index (χ2v) is 9.35. The third-order valence-corrected chi connectivity index (χ3v) is 6.89. The van der Waals surface area contributed by atoms with Crippen molar-refractivity contribution in [3.63, 3.8) is 0 Å². The molecule has 2 atom stereocenters. The number of carbonyl (C=O) groups excluding carboxylic acids is 2. The lowest BCUT2D eigenvalue weighted by Gasteiger charge is -2.40. The van der Waals surface area contributed by atoms with Crippen LogP contribution in [0.2, 0.25) is 0 Å². The van der Waals surface area contributed by atoms with E-state index in [1.54, 1.807) is 11.8 Å². The molecular weight excluding hydrogens is 454 g/mol. The van der Waals surface area contributed by atoms with Gasteiger partial charge >= 0.3 is 12.1 Å². The molecule has 1 aliphatic carbocycles. The number of hydrogen-bond donors (Lipinski definition) is 0. The average molecular weight is 488 g/mol. The van der Waals surface area contributed by atoms with E-state index in [0.29, 0.717) is 12.4 Å². The molecule has 0 N–H and O–H groups in total. The molecule has 0 spiro atoms. The maximum Gasteiger partial charge on any atom is 0.419 e. The summed E-state index contributed by atoms with van der Waals surface area (Å²) in [6.07, 6.45) is 1.61. The van der Waals surface area contributed by atoms with Crippen LogP contribution < -0.4 is 9.64 Å². The van der Waals surface area contributed by atoms with Crippen molar-refractivity contribution in [1.82, 2.24) is 0 Å². The number of rotatable bonds is 8. The predicted molar refractivity (Wildman–Crippen MR) is 140 cm³/mol. The van der Waals surface area contributed by atoms with E-state index in [-0.39, 0.29) is 24.1 Å². The van der Waals surface area contributed by atoms with Gasteiger partial charge in [0.05, 0.1) is 18.0 Å². The molecule has 6 nitrogen and oxygen atoms in total. The first-order chi connectivity index (χ1) is 17.4. The zero-order valence-corrected chi connectivity index (χ0v) is 21.1. The van der Waals surface area contributed by atoms with Crippen molar-refractivity contribution in [3.05, 3.63) is 90.0 Å². The first-order valence-electron chi connectivity index (χ1n) is 12.4. The van der Waals surface area contributed by atoms with Crippen LogP contribution in [0, 0.1) is 5.41 Å². The molecule has 4 rings (SSSR count). The highest BCUT2D eigenvalue weighted by Crippen LogP contribution is 2.42. The summed E-state index contributed by atoms with van der Waals surface area (Å²) in [6, 6.07) is 25.0. The normalized spacial score (nSPS) is 17.4. The summed E-state index contributed by atoms with van der Waals surface area (Å²) in [6.45, 7) is 6.13. The molecule has 0 aliphatic heterocycles. The number of benzene rings is 3. The fourth-order valence-corrected chi connectivity index (χ4v) is 4.68. The second kappa shape index (κ2) is 11.3. The lowest BCUT2D eigenvalue weighted by Crippen LogP contribution is -2.41. The number of nitrogens with zero attached hydrogens (tertiary/aromatic N) is 1. The van der Waals surface area contributed by atoms with Crippen LogP contribution in [0.25, 0.3) is 0 Å². The summed E-state index contributed by atoms with van der Waals surface area (Å²) < 4.78 is 16.9. The Morgan fingerprint density at radius 2 is 1.58 bits per heavy atom. The second-order valence-electron chi connectivity index (χ2n) is 9.35. The highest BCUT2D eigenvalue weighted by atomic mass is 16.6. The molecule has 36 heavy (non-hydrogen) atoms. The van der Waals surface area contributed by atoms with Gasteiger partial charge in [0, 0.05) is 5.41 Å². The van der Waals surface area contributed by atoms with Gasteiger partial charge in [-0.15, -0.1) is 0 Å². The molecular formula is C30H33NO5. The minimum absolute atomic E-state index is 0.107. The SMILES string of the molecule is CCOC(=O)COc1cccc2c1CCC(C)(C(C)OC(=O)N(c1ccccc1)c1ccccc1)C2. The highest BCUT2D eigenvalue weighted by molar-refractivity contribution is 5.96. The highest BCUT2D eigenvalue weighted by Gasteiger charge is 2.39. The van der Waals surface area contributed by atoms with E-state index in [4.69, 9.17) is 14.2 Å². The Labute approximate surface area is 212 Å². The Bertz CT molecular complexity index is 1140. The van der Waals surface area contributed by atoms with Crippen LogP contribution in [0.5, 0.6) is 5.75 Å². The van der Waals surface area contributed by atoms with E-state index >= 15 is 0 Å². The summed E-state index contributed by atoms with van der Waals surface area (Å²) in [5.41, 5.74) is 3.51. The fraction of sp³-hybridized carbons (Fsp3) is 0.333. The number of anilines is 2. The largest absolute Gasteiger partial charge is 0.482 e. The molecule has 6 heteroatoms. The first-order valence-corrected chi connectivity index (χ1v) is 12.4. The van der Waals surface area contributed by atoms with Gasteiger partial charge in [-0.3, -0.25) is 0 Å². The Morgan fingerprint density at radius 3 is 2.19 bits per heavy atom. The van der Waals surface area contributed by atoms with Gasteiger partial charge in [-0.1, -0.05) is 55.5 Å². The number of amides is 1. The van der Waals surface area contributed by atoms with Crippen LogP contribution in [0.15, 0.2) is 78.9 Å². The van der Waals surface area contributed by atoms with Crippen LogP contribution in [0.3, 0.4) is 0 Å². The summed E-state index contributed by atoms with van der Waals surface area (Å²) in [5, 5.41) is 0. The van der Waals surface area contributed by atoms with Crippen LogP contribution in [-0.2, 0) is 27.1 Å². The Hall–Kier alpha value is -3.80. The Kier molecular flexibility index (Phi) is 7.93. The molecule has 0 radical (unpaired) electrons. The van der Waals surface area contributed by atoms with E-state index < -0.39 is 6.09 Å². The smallest absolute Gasteiger partial charge is 0.419 e. The molecule has 0 heterocycles. The molecule has 1 aliphatic rings. The molecule has 3 aromatic carbocycles. The molecule has 0 saturated heterocycles. The van der Waals surface area contributed by atoms with E-state index in [1.165, 1.54) is 0 Å². The number of para-hydroxylation sites is 2. The molecule has 188 valence electrons. The Balaban J connectivity index is 1.49. The van der Waals surface area contributed by atoms with Gasteiger partial charge in [0.2, 0.25) is 0 Å². The van der Waals surface area contributed by atoms with Crippen molar-refractivity contribution >= 4 is 23.4 Å². The minimum Gasteiger partial charge on any atom is -0.482 e. The monoisotopic (exact) mass is 487 g/mol. The van der Waals surface area contributed by atoms with Gasteiger partial charge in [-0.25, -0.2) is 14.5 Å². The average Bonchev–Trinajstić information content (AvgIpc) is 2.89. The van der Waals surface area contributed by atoms with Crippen LogP contribution in [0.1, 0.15) is 38.3 Å². The predicted octanol–water partition coefficient (Wildman–Crippen LogP) is 6.49. The van der Waals surface area contributed by atoms with Crippen molar-refractivity contribution in [2.75, 3.05) is 18.1 Å². The van der Waals surface area contributed by atoms with Crippen LogP contribution >= 0.6 is 0 Å². The van der Waals surface area contributed by atoms with Gasteiger partial charge in [0.25, 0.3) is 0 Å². The van der Waals surface area contributed by atoms with E-state index in [0.717, 1.165) is 41.8 Å². The number of carbonyl (C=O) groups is 2. The molecule has 2 unspecified atom stereocenters. The third kappa shape index (κ3) is 5.70. The van der Waals surface area contributed by atoms with Gasteiger partial charge in [0.15, 0.2) is 6.61 Å². The first kappa shape index (κ1) is 25.3. The fourth-order valence-electron chi connectivity index (χ4n) is 4.68. The maximum absolute atomic E-state index is 13.5. The summed E-state index contributed by atoms with van der Waals surface area (Å²) in [4.78, 5) is 26.8. The summed E-state index contributed by atoms with van der Waals surface area (Å²) in [7, 11) is 0. The van der Waals surface area contributed by atoms with Crippen molar-refractivity contribution in [2.45, 2.75) is 46.1 Å². The van der Waals surface area contributed by atoms with Gasteiger partial charge in [-0.05, 0) is 74.6 Å². The molecule has 0 aromatic heterocycles. The van der Waals surface area contributed by atoms with Crippen molar-refractivity contribution in [1.29, 1.82) is 0 Å². The lowest BCUT2D eigenvalue weighted by molar-refractivity contribution is -0.145. The molecule has 3 aromatic rings. The van der Waals surface area contributed by atoms with E-state index in [2.05, 4.69) is 13.0 Å². The number of ether oxygens (including phenoxy) is 3. The van der Waals surface area contributed by atoms with Crippen molar-refractivity contribution in [2.24, 2.45) is 5.41 Å². The topological polar surface area (TPSA) is 65.1 Å². The number of esters is 1. The quantitative estimate of drug-likeness (QED) is 0.340. The van der Waals surface area contributed by atoms with E-state index in [1.807, 2.05) is 79.7 Å². The van der Waals surface area contributed by atoms with Crippen molar-refractivity contribution in [3.8, 4) is 5.75 Å². The summed E-state index contributed by atoms with van der Waals surface area (Å²) >= 11 is 0. The van der Waals surface area contributed by atoms with Gasteiger partial charge < -0.3 is 14.2 Å². The van der Waals surface area contributed by atoms with Crippen LogP contribution in [-0.4, -0.2) is 31.4 Å². The molecule has 0 fully saturated rings. The van der Waals surface area contributed by atoms with Crippen LogP contribution in [0.4, 0.5) is 16.2 Å². The zero-order valence-electron chi connectivity index (χ0n) is 21.1. The number of hydrogen-bond acceptors (Lipinski definition) is 5.